The van der Waals surface area contributed by atoms with Crippen LogP contribution in [0.2, 0.25) is 0 Å². The van der Waals surface area contributed by atoms with Gasteiger partial charge in [-0.25, -0.2) is 0 Å². The van der Waals surface area contributed by atoms with Gasteiger partial charge in [-0.1, -0.05) is 24.6 Å². The zero-order chi connectivity index (χ0) is 16.0. The summed E-state index contributed by atoms with van der Waals surface area (Å²) in [5.74, 6) is -0.344. The average molecular weight is 314 g/mol. The van der Waals surface area contributed by atoms with E-state index >= 15 is 0 Å². The Labute approximate surface area is 135 Å². The Balaban J connectivity index is 1.52. The first-order valence-corrected chi connectivity index (χ1v) is 8.46. The molecular weight excluding hydrogens is 292 g/mol. The molecule has 1 N–H and O–H groups in total. The van der Waals surface area contributed by atoms with Gasteiger partial charge in [0.05, 0.1) is 11.5 Å². The molecule has 3 aliphatic rings. The topological polar surface area (TPSA) is 60.9 Å². The molecule has 2 aliphatic heterocycles. The molecule has 0 spiro atoms. The zero-order valence-electron chi connectivity index (χ0n) is 13.1. The molecule has 0 radical (unpaired) electrons. The Morgan fingerprint density at radius 3 is 2.70 bits per heavy atom. The number of nitrogens with zero attached hydrogens (tertiary/aromatic N) is 2. The van der Waals surface area contributed by atoms with Crippen molar-refractivity contribution in [1.29, 1.82) is 0 Å². The smallest absolute Gasteiger partial charge is 0.311 e. The van der Waals surface area contributed by atoms with E-state index in [2.05, 4.69) is 4.90 Å². The summed E-state index contributed by atoms with van der Waals surface area (Å²) in [6.07, 6.45) is 3.52. The number of fused-ring (bicyclic) bond motifs is 1. The molecule has 23 heavy (non-hydrogen) atoms. The Kier molecular flexibility index (Phi) is 3.41. The molecular formula is C18H22N2O3. The molecule has 2 saturated heterocycles. The zero-order valence-corrected chi connectivity index (χ0v) is 13.1. The lowest BCUT2D eigenvalue weighted by molar-refractivity contribution is -0.149. The van der Waals surface area contributed by atoms with Gasteiger partial charge >= 0.3 is 5.97 Å². The number of aliphatic carboxylic acids is 1. The van der Waals surface area contributed by atoms with Crippen LogP contribution in [0, 0.1) is 11.3 Å². The Bertz CT molecular complexity index is 632. The minimum absolute atomic E-state index is 0.122. The third-order valence-corrected chi connectivity index (χ3v) is 6.01. The molecule has 1 saturated carbocycles. The van der Waals surface area contributed by atoms with Gasteiger partial charge in [-0.15, -0.1) is 0 Å². The van der Waals surface area contributed by atoms with Crippen LogP contribution in [0.25, 0.3) is 0 Å². The first-order valence-electron chi connectivity index (χ1n) is 8.46. The van der Waals surface area contributed by atoms with Gasteiger partial charge in [0.15, 0.2) is 0 Å². The van der Waals surface area contributed by atoms with E-state index < -0.39 is 11.4 Å². The molecule has 2 heterocycles. The van der Waals surface area contributed by atoms with Crippen LogP contribution in [0.5, 0.6) is 0 Å². The van der Waals surface area contributed by atoms with Crippen molar-refractivity contribution < 1.29 is 14.7 Å². The van der Waals surface area contributed by atoms with Crippen LogP contribution in [0.15, 0.2) is 30.3 Å². The van der Waals surface area contributed by atoms with Crippen LogP contribution < -0.4 is 4.90 Å². The highest BCUT2D eigenvalue weighted by molar-refractivity contribution is 5.99. The monoisotopic (exact) mass is 314 g/mol. The molecule has 1 aromatic rings. The van der Waals surface area contributed by atoms with E-state index in [1.807, 2.05) is 35.2 Å². The van der Waals surface area contributed by atoms with Gasteiger partial charge in [0.1, 0.15) is 0 Å². The standard InChI is InChI=1S/C18H22N2O3/c21-16-15(8-10-20(16)14-6-2-1-3-7-14)19-11-13-5-4-9-18(13,12-19)17(22)23/h1-3,6-7,13,15H,4-5,8-12H2,(H,22,23)/t13-,15?,18+/m0/s1. The molecule has 3 atom stereocenters. The summed E-state index contributed by atoms with van der Waals surface area (Å²) in [5.41, 5.74) is 0.327. The second-order valence-corrected chi connectivity index (χ2v) is 7.11. The maximum atomic E-state index is 12.8. The van der Waals surface area contributed by atoms with Gasteiger partial charge in [-0.3, -0.25) is 14.5 Å². The summed E-state index contributed by atoms with van der Waals surface area (Å²) in [6, 6.07) is 9.58. The van der Waals surface area contributed by atoms with Gasteiger partial charge in [0.25, 0.3) is 0 Å². The minimum atomic E-state index is -0.673. The van der Waals surface area contributed by atoms with Crippen LogP contribution in [0.1, 0.15) is 25.7 Å². The molecule has 3 fully saturated rings. The van der Waals surface area contributed by atoms with Crippen molar-refractivity contribution in [1.82, 2.24) is 4.90 Å². The summed E-state index contributed by atoms with van der Waals surface area (Å²) in [4.78, 5) is 28.6. The van der Waals surface area contributed by atoms with Gasteiger partial charge in [0, 0.05) is 25.3 Å². The highest BCUT2D eigenvalue weighted by atomic mass is 16.4. The van der Waals surface area contributed by atoms with E-state index in [1.54, 1.807) is 0 Å². The Morgan fingerprint density at radius 2 is 2.00 bits per heavy atom. The van der Waals surface area contributed by atoms with Crippen LogP contribution in [-0.2, 0) is 9.59 Å². The van der Waals surface area contributed by atoms with Crippen molar-refractivity contribution in [3.63, 3.8) is 0 Å². The fourth-order valence-electron chi connectivity index (χ4n) is 4.78. The third-order valence-electron chi connectivity index (χ3n) is 6.01. The Morgan fingerprint density at radius 1 is 1.22 bits per heavy atom. The molecule has 5 nitrogen and oxygen atoms in total. The number of carbonyl (C=O) groups is 2. The van der Waals surface area contributed by atoms with Gasteiger partial charge < -0.3 is 10.0 Å². The minimum Gasteiger partial charge on any atom is -0.481 e. The molecule has 5 heteroatoms. The molecule has 122 valence electrons. The molecule has 1 aromatic carbocycles. The number of carbonyl (C=O) groups excluding carboxylic acids is 1. The lowest BCUT2D eigenvalue weighted by Crippen LogP contribution is -2.43. The van der Waals surface area contributed by atoms with E-state index in [0.717, 1.165) is 44.5 Å². The second-order valence-electron chi connectivity index (χ2n) is 7.11. The van der Waals surface area contributed by atoms with Crippen molar-refractivity contribution in [2.24, 2.45) is 11.3 Å². The molecule has 1 aliphatic carbocycles. The van der Waals surface area contributed by atoms with E-state index in [9.17, 15) is 14.7 Å². The predicted molar refractivity (Wildman–Crippen MR) is 86.2 cm³/mol. The SMILES string of the molecule is O=C1C(N2C[C@@H]3CCC[C@@]3(C(=O)O)C2)CCN1c1ccccc1. The van der Waals surface area contributed by atoms with Crippen LogP contribution in [-0.4, -0.2) is 47.6 Å². The lowest BCUT2D eigenvalue weighted by Gasteiger charge is -2.26. The largest absolute Gasteiger partial charge is 0.481 e. The van der Waals surface area contributed by atoms with Crippen molar-refractivity contribution in [2.75, 3.05) is 24.5 Å². The second kappa shape index (κ2) is 5.34. The highest BCUT2D eigenvalue weighted by Gasteiger charge is 2.57. The number of rotatable bonds is 3. The van der Waals surface area contributed by atoms with Crippen LogP contribution in [0.3, 0.4) is 0 Å². The number of hydrogen-bond acceptors (Lipinski definition) is 3. The van der Waals surface area contributed by atoms with Crippen LogP contribution >= 0.6 is 0 Å². The van der Waals surface area contributed by atoms with Gasteiger partial charge in [0.2, 0.25) is 5.91 Å². The van der Waals surface area contributed by atoms with E-state index in [4.69, 9.17) is 0 Å². The summed E-state index contributed by atoms with van der Waals surface area (Å²) < 4.78 is 0. The number of carboxylic acid groups (broad SMARTS) is 1. The first-order chi connectivity index (χ1) is 11.1. The van der Waals surface area contributed by atoms with Crippen molar-refractivity contribution >= 4 is 17.6 Å². The average Bonchev–Trinajstić information content (AvgIpc) is 3.20. The van der Waals surface area contributed by atoms with Crippen molar-refractivity contribution in [2.45, 2.75) is 31.7 Å². The number of hydrogen-bond donors (Lipinski definition) is 1. The molecule has 0 bridgehead atoms. The summed E-state index contributed by atoms with van der Waals surface area (Å²) in [7, 11) is 0. The van der Waals surface area contributed by atoms with E-state index in [1.165, 1.54) is 0 Å². The Hall–Kier alpha value is -1.88. The number of anilines is 1. The molecule has 0 aromatic heterocycles. The van der Waals surface area contributed by atoms with Crippen molar-refractivity contribution in [3.05, 3.63) is 30.3 Å². The predicted octanol–water partition coefficient (Wildman–Crippen LogP) is 1.98. The first kappa shape index (κ1) is 14.7. The number of amides is 1. The number of likely N-dealkylation sites (tertiary alicyclic amines) is 1. The highest BCUT2D eigenvalue weighted by Crippen LogP contribution is 2.50. The maximum Gasteiger partial charge on any atom is 0.311 e. The van der Waals surface area contributed by atoms with Crippen LogP contribution in [0.4, 0.5) is 5.69 Å². The molecule has 4 rings (SSSR count). The van der Waals surface area contributed by atoms with Crippen molar-refractivity contribution in [3.8, 4) is 0 Å². The summed E-state index contributed by atoms with van der Waals surface area (Å²) in [5, 5.41) is 9.71. The summed E-state index contributed by atoms with van der Waals surface area (Å²) in [6.45, 7) is 2.01. The normalized spacial score (nSPS) is 34.1. The van der Waals surface area contributed by atoms with Gasteiger partial charge in [-0.2, -0.15) is 0 Å². The number of carboxylic acids is 1. The summed E-state index contributed by atoms with van der Waals surface area (Å²) >= 11 is 0. The maximum absolute atomic E-state index is 12.8. The number of para-hydroxylation sites is 1. The van der Waals surface area contributed by atoms with Gasteiger partial charge in [-0.05, 0) is 37.3 Å². The third kappa shape index (κ3) is 2.17. The fourth-order valence-corrected chi connectivity index (χ4v) is 4.78. The molecule has 1 unspecified atom stereocenters. The lowest BCUT2D eigenvalue weighted by atomic mass is 9.81. The van der Waals surface area contributed by atoms with E-state index in [-0.39, 0.29) is 17.9 Å². The number of benzene rings is 1. The molecule has 1 amide bonds. The fraction of sp³-hybridized carbons (Fsp3) is 0.556. The quantitative estimate of drug-likeness (QED) is 0.927. The van der Waals surface area contributed by atoms with E-state index in [0.29, 0.717) is 6.54 Å².